The smallest absolute Gasteiger partial charge is 0.236 e. The molecule has 4 nitrogen and oxygen atoms in total. The van der Waals surface area contributed by atoms with Gasteiger partial charge in [-0.15, -0.1) is 0 Å². The molecule has 0 saturated carbocycles. The summed E-state index contributed by atoms with van der Waals surface area (Å²) in [5, 5.41) is 0.419. The van der Waals surface area contributed by atoms with E-state index >= 15 is 0 Å². The van der Waals surface area contributed by atoms with Crippen LogP contribution in [0.4, 0.5) is 0 Å². The fourth-order valence-corrected chi connectivity index (χ4v) is 1.92. The van der Waals surface area contributed by atoms with E-state index in [1.807, 2.05) is 0 Å². The minimum atomic E-state index is -0.0499. The lowest BCUT2D eigenvalue weighted by molar-refractivity contribution is 0.0114. The Morgan fingerprint density at radius 2 is 2.47 bits per heavy atom. The van der Waals surface area contributed by atoms with E-state index in [2.05, 4.69) is 25.9 Å². The predicted molar refractivity (Wildman–Crippen MR) is 59.6 cm³/mol. The van der Waals surface area contributed by atoms with Gasteiger partial charge in [0.1, 0.15) is 17.5 Å². The minimum absolute atomic E-state index is 0.0499. The molecule has 0 aromatic carbocycles. The number of halogens is 2. The van der Waals surface area contributed by atoms with Gasteiger partial charge in [-0.3, -0.25) is 0 Å². The van der Waals surface area contributed by atoms with E-state index in [4.69, 9.17) is 21.1 Å². The Bertz CT molecular complexity index is 340. The number of nitrogens with zero attached hydrogens (tertiary/aromatic N) is 2. The first-order valence-corrected chi connectivity index (χ1v) is 5.90. The van der Waals surface area contributed by atoms with Gasteiger partial charge in [-0.2, -0.15) is 0 Å². The van der Waals surface area contributed by atoms with E-state index in [-0.39, 0.29) is 10.9 Å². The first kappa shape index (κ1) is 11.1. The molecule has 2 rings (SSSR count). The van der Waals surface area contributed by atoms with Crippen molar-refractivity contribution in [1.82, 2.24) is 9.97 Å². The average Bonchev–Trinajstić information content (AvgIpc) is 2.24. The maximum absolute atomic E-state index is 5.89. The Morgan fingerprint density at radius 3 is 3.20 bits per heavy atom. The third-order valence-electron chi connectivity index (χ3n) is 2.12. The monoisotopic (exact) mass is 292 g/mol. The number of rotatable bonds is 2. The SMILES string of the molecule is Clc1cncnc1OC1COCCC1Br. The molecule has 0 bridgehead atoms. The minimum Gasteiger partial charge on any atom is -0.470 e. The summed E-state index contributed by atoms with van der Waals surface area (Å²) in [5.41, 5.74) is 0. The Kier molecular flexibility index (Phi) is 3.77. The van der Waals surface area contributed by atoms with Crippen molar-refractivity contribution in [2.75, 3.05) is 13.2 Å². The van der Waals surface area contributed by atoms with Crippen LogP contribution in [0.3, 0.4) is 0 Å². The predicted octanol–water partition coefficient (Wildman–Crippen LogP) is 2.06. The highest BCUT2D eigenvalue weighted by Gasteiger charge is 2.26. The molecule has 82 valence electrons. The molecule has 6 heteroatoms. The number of hydrogen-bond donors (Lipinski definition) is 0. The van der Waals surface area contributed by atoms with Crippen molar-refractivity contribution >= 4 is 27.5 Å². The van der Waals surface area contributed by atoms with Crippen molar-refractivity contribution in [2.45, 2.75) is 17.4 Å². The van der Waals surface area contributed by atoms with Gasteiger partial charge in [0.05, 0.1) is 17.6 Å². The second-order valence-electron chi connectivity index (χ2n) is 3.21. The molecule has 2 unspecified atom stereocenters. The zero-order valence-corrected chi connectivity index (χ0v) is 10.2. The summed E-state index contributed by atoms with van der Waals surface area (Å²) in [6, 6.07) is 0. The quantitative estimate of drug-likeness (QED) is 0.783. The number of alkyl halides is 1. The van der Waals surface area contributed by atoms with E-state index in [9.17, 15) is 0 Å². The lowest BCUT2D eigenvalue weighted by atomic mass is 10.2. The topological polar surface area (TPSA) is 44.2 Å². The second kappa shape index (κ2) is 5.09. The van der Waals surface area contributed by atoms with Crippen molar-refractivity contribution in [1.29, 1.82) is 0 Å². The second-order valence-corrected chi connectivity index (χ2v) is 4.80. The highest BCUT2D eigenvalue weighted by molar-refractivity contribution is 9.09. The third kappa shape index (κ3) is 2.80. The van der Waals surface area contributed by atoms with E-state index in [0.29, 0.717) is 17.5 Å². The van der Waals surface area contributed by atoms with Crippen LogP contribution < -0.4 is 4.74 Å². The van der Waals surface area contributed by atoms with Crippen molar-refractivity contribution < 1.29 is 9.47 Å². The van der Waals surface area contributed by atoms with Gasteiger partial charge in [0.2, 0.25) is 5.88 Å². The summed E-state index contributed by atoms with van der Waals surface area (Å²) in [7, 11) is 0. The molecule has 0 spiro atoms. The molecule has 2 heterocycles. The molecule has 1 fully saturated rings. The fraction of sp³-hybridized carbons (Fsp3) is 0.556. The van der Waals surface area contributed by atoms with Crippen molar-refractivity contribution in [3.8, 4) is 5.88 Å². The van der Waals surface area contributed by atoms with Crippen LogP contribution in [0.1, 0.15) is 6.42 Å². The highest BCUT2D eigenvalue weighted by atomic mass is 79.9. The summed E-state index contributed by atoms with van der Waals surface area (Å²) in [6.45, 7) is 1.31. The summed E-state index contributed by atoms with van der Waals surface area (Å²) >= 11 is 9.43. The molecule has 1 aliphatic rings. The fourth-order valence-electron chi connectivity index (χ4n) is 1.33. The van der Waals surface area contributed by atoms with E-state index in [1.165, 1.54) is 12.5 Å². The largest absolute Gasteiger partial charge is 0.470 e. The molecule has 1 saturated heterocycles. The molecule has 0 radical (unpaired) electrons. The van der Waals surface area contributed by atoms with Gasteiger partial charge in [0, 0.05) is 6.61 Å². The average molecular weight is 294 g/mol. The van der Waals surface area contributed by atoms with E-state index < -0.39 is 0 Å². The molecule has 0 aliphatic carbocycles. The standard InChI is InChI=1S/C9H10BrClN2O2/c10-6-1-2-14-4-8(6)15-9-7(11)3-12-5-13-9/h3,5-6,8H,1-2,4H2. The highest BCUT2D eigenvalue weighted by Crippen LogP contribution is 2.25. The number of aromatic nitrogens is 2. The maximum Gasteiger partial charge on any atom is 0.236 e. The number of hydrogen-bond acceptors (Lipinski definition) is 4. The molecule has 1 aromatic rings. The van der Waals surface area contributed by atoms with Crippen molar-refractivity contribution in [2.24, 2.45) is 0 Å². The lowest BCUT2D eigenvalue weighted by Gasteiger charge is -2.27. The molecule has 15 heavy (non-hydrogen) atoms. The van der Waals surface area contributed by atoms with E-state index in [0.717, 1.165) is 13.0 Å². The molecule has 2 atom stereocenters. The Hall–Kier alpha value is -0.390. The van der Waals surface area contributed by atoms with Crippen LogP contribution in [-0.4, -0.2) is 34.1 Å². The van der Waals surface area contributed by atoms with Crippen LogP contribution in [-0.2, 0) is 4.74 Å². The van der Waals surface area contributed by atoms with Gasteiger partial charge < -0.3 is 9.47 Å². The first-order chi connectivity index (χ1) is 7.27. The summed E-state index contributed by atoms with van der Waals surface area (Å²) in [6.07, 6.45) is 3.80. The Labute approximate surface area is 101 Å². The zero-order valence-electron chi connectivity index (χ0n) is 7.90. The van der Waals surface area contributed by atoms with Crippen LogP contribution in [0, 0.1) is 0 Å². The Balaban J connectivity index is 2.04. The molecule has 1 aromatic heterocycles. The molecular formula is C9H10BrClN2O2. The van der Waals surface area contributed by atoms with Crippen LogP contribution in [0.5, 0.6) is 5.88 Å². The van der Waals surface area contributed by atoms with Gasteiger partial charge >= 0.3 is 0 Å². The van der Waals surface area contributed by atoms with Crippen LogP contribution in [0.25, 0.3) is 0 Å². The molecule has 1 aliphatic heterocycles. The molecule has 0 N–H and O–H groups in total. The van der Waals surface area contributed by atoms with Crippen LogP contribution >= 0.6 is 27.5 Å². The van der Waals surface area contributed by atoms with Crippen molar-refractivity contribution in [3.05, 3.63) is 17.5 Å². The normalized spacial score (nSPS) is 26.3. The summed E-state index contributed by atoms with van der Waals surface area (Å²) in [5.74, 6) is 0.409. The maximum atomic E-state index is 5.89. The zero-order chi connectivity index (χ0) is 10.7. The van der Waals surface area contributed by atoms with Gasteiger partial charge in [-0.1, -0.05) is 27.5 Å². The van der Waals surface area contributed by atoms with Gasteiger partial charge in [0.25, 0.3) is 0 Å². The van der Waals surface area contributed by atoms with E-state index in [1.54, 1.807) is 0 Å². The van der Waals surface area contributed by atoms with Gasteiger partial charge in [0.15, 0.2) is 0 Å². The first-order valence-electron chi connectivity index (χ1n) is 4.61. The molecule has 0 amide bonds. The summed E-state index contributed by atoms with van der Waals surface area (Å²) < 4.78 is 11.0. The van der Waals surface area contributed by atoms with Gasteiger partial charge in [-0.25, -0.2) is 9.97 Å². The summed E-state index contributed by atoms with van der Waals surface area (Å²) in [4.78, 5) is 8.03. The molecular weight excluding hydrogens is 283 g/mol. The van der Waals surface area contributed by atoms with Gasteiger partial charge in [-0.05, 0) is 6.42 Å². The Morgan fingerprint density at radius 1 is 1.60 bits per heavy atom. The third-order valence-corrected chi connectivity index (χ3v) is 3.43. The number of ether oxygens (including phenoxy) is 2. The van der Waals surface area contributed by atoms with Crippen LogP contribution in [0.2, 0.25) is 5.02 Å². The lowest BCUT2D eigenvalue weighted by Crippen LogP contribution is -2.37. The van der Waals surface area contributed by atoms with Crippen LogP contribution in [0.15, 0.2) is 12.5 Å². The van der Waals surface area contributed by atoms with Crippen molar-refractivity contribution in [3.63, 3.8) is 0 Å².